The highest BCUT2D eigenvalue weighted by Crippen LogP contribution is 2.28. The molecule has 5 nitrogen and oxygen atoms in total. The third-order valence-electron chi connectivity index (χ3n) is 3.99. The Balaban J connectivity index is 1.89. The first-order valence-electron chi connectivity index (χ1n) is 7.87. The van der Waals surface area contributed by atoms with Gasteiger partial charge < -0.3 is 20.7 Å². The van der Waals surface area contributed by atoms with Gasteiger partial charge >= 0.3 is 6.03 Å². The predicted molar refractivity (Wildman–Crippen MR) is 103 cm³/mol. The van der Waals surface area contributed by atoms with Crippen LogP contribution < -0.4 is 20.7 Å². The fourth-order valence-electron chi connectivity index (χ4n) is 2.76. The summed E-state index contributed by atoms with van der Waals surface area (Å²) >= 11 is 5.62. The summed E-state index contributed by atoms with van der Waals surface area (Å²) in [6, 6.07) is 16.8. The maximum Gasteiger partial charge on any atom is 0.319 e. The van der Waals surface area contributed by atoms with Crippen LogP contribution >= 0.6 is 12.2 Å². The van der Waals surface area contributed by atoms with Crippen molar-refractivity contribution in [2.24, 2.45) is 0 Å². The van der Waals surface area contributed by atoms with Crippen LogP contribution in [0.3, 0.4) is 0 Å². The highest BCUT2D eigenvalue weighted by atomic mass is 32.1. The van der Waals surface area contributed by atoms with Gasteiger partial charge in [-0.05, 0) is 36.8 Å². The van der Waals surface area contributed by atoms with E-state index in [1.165, 1.54) is 0 Å². The van der Waals surface area contributed by atoms with Crippen molar-refractivity contribution < 1.29 is 9.53 Å². The molecule has 1 heterocycles. The number of ether oxygens (including phenoxy) is 1. The normalized spacial score (nSPS) is 16.7. The zero-order valence-corrected chi connectivity index (χ0v) is 14.8. The summed E-state index contributed by atoms with van der Waals surface area (Å²) in [5.41, 5.74) is 3.42. The molecule has 0 saturated heterocycles. The smallest absolute Gasteiger partial charge is 0.319 e. The third-order valence-corrected chi connectivity index (χ3v) is 4.32. The molecular formula is C19H19N3O2S. The summed E-state index contributed by atoms with van der Waals surface area (Å²) in [5, 5.41) is 8.97. The first-order valence-corrected chi connectivity index (χ1v) is 8.28. The van der Waals surface area contributed by atoms with Gasteiger partial charge in [0.2, 0.25) is 0 Å². The van der Waals surface area contributed by atoms with E-state index in [1.54, 1.807) is 7.11 Å². The number of anilines is 1. The van der Waals surface area contributed by atoms with Crippen LogP contribution in [0.25, 0.3) is 0 Å². The lowest BCUT2D eigenvalue weighted by Gasteiger charge is -2.30. The molecule has 6 heteroatoms. The van der Waals surface area contributed by atoms with Crippen LogP contribution in [0.2, 0.25) is 0 Å². The number of hydrogen-bond acceptors (Lipinski definition) is 3. The number of allylic oxidation sites excluding steroid dienone is 1. The van der Waals surface area contributed by atoms with Crippen molar-refractivity contribution in [3.63, 3.8) is 0 Å². The van der Waals surface area contributed by atoms with Gasteiger partial charge in [-0.2, -0.15) is 0 Å². The maximum atomic E-state index is 11.9. The first kappa shape index (κ1) is 17.0. The van der Waals surface area contributed by atoms with Gasteiger partial charge in [-0.3, -0.25) is 0 Å². The van der Waals surface area contributed by atoms with E-state index in [0.29, 0.717) is 4.99 Å². The summed E-state index contributed by atoms with van der Waals surface area (Å²) in [6.45, 7) is 1.85. The van der Waals surface area contributed by atoms with E-state index in [2.05, 4.69) is 16.0 Å². The van der Waals surface area contributed by atoms with Crippen LogP contribution in [0.4, 0.5) is 10.5 Å². The number of hydrogen-bond donors (Lipinski definition) is 3. The average Bonchev–Trinajstić information content (AvgIpc) is 2.62. The predicted octanol–water partition coefficient (Wildman–Crippen LogP) is 3.76. The minimum absolute atomic E-state index is 0.234. The van der Waals surface area contributed by atoms with Crippen LogP contribution in [0, 0.1) is 0 Å². The van der Waals surface area contributed by atoms with Crippen molar-refractivity contribution in [1.29, 1.82) is 0 Å². The van der Waals surface area contributed by atoms with Gasteiger partial charge in [-0.25, -0.2) is 4.79 Å². The van der Waals surface area contributed by atoms with Crippen LogP contribution in [0.15, 0.2) is 65.9 Å². The summed E-state index contributed by atoms with van der Waals surface area (Å²) < 4.78 is 5.17. The van der Waals surface area contributed by atoms with Crippen molar-refractivity contribution in [3.05, 3.63) is 71.4 Å². The van der Waals surface area contributed by atoms with E-state index >= 15 is 0 Å². The molecule has 0 spiro atoms. The number of carbonyl (C=O) groups excluding carboxylic acids is 1. The van der Waals surface area contributed by atoms with E-state index in [0.717, 1.165) is 28.3 Å². The Hall–Kier alpha value is -2.86. The van der Waals surface area contributed by atoms with Crippen LogP contribution in [0.1, 0.15) is 18.5 Å². The number of amides is 2. The summed E-state index contributed by atoms with van der Waals surface area (Å²) in [5.74, 6) is 0.778. The van der Waals surface area contributed by atoms with Gasteiger partial charge in [0.25, 0.3) is 0 Å². The number of urea groups is 1. The largest absolute Gasteiger partial charge is 0.497 e. The molecule has 2 amide bonds. The number of carbonyl (C=O) groups is 1. The second-order valence-corrected chi connectivity index (χ2v) is 6.07. The number of methoxy groups -OCH3 is 1. The Labute approximate surface area is 152 Å². The summed E-state index contributed by atoms with van der Waals surface area (Å²) in [7, 11) is 1.63. The zero-order chi connectivity index (χ0) is 17.8. The van der Waals surface area contributed by atoms with E-state index in [4.69, 9.17) is 17.0 Å². The van der Waals surface area contributed by atoms with E-state index in [-0.39, 0.29) is 12.1 Å². The Morgan fingerprint density at radius 1 is 1.12 bits per heavy atom. The van der Waals surface area contributed by atoms with Crippen molar-refractivity contribution >= 4 is 28.9 Å². The van der Waals surface area contributed by atoms with Crippen molar-refractivity contribution in [2.75, 3.05) is 12.4 Å². The molecule has 0 bridgehead atoms. The standard InChI is InChI=1S/C19H19N3O2S/c1-12-16(18(25)21-14-8-10-15(24-2)11-9-14)17(22-19(23)20-12)13-6-4-3-5-7-13/h3-11,17H,1-2H3,(H,21,25)(H2,20,22,23). The van der Waals surface area contributed by atoms with Gasteiger partial charge in [0, 0.05) is 17.0 Å². The van der Waals surface area contributed by atoms with Crippen LogP contribution in [0.5, 0.6) is 5.75 Å². The van der Waals surface area contributed by atoms with Crippen LogP contribution in [-0.4, -0.2) is 18.1 Å². The minimum atomic E-state index is -0.298. The molecule has 0 fully saturated rings. The molecule has 0 radical (unpaired) electrons. The van der Waals surface area contributed by atoms with E-state index in [1.807, 2.05) is 61.5 Å². The molecule has 1 atom stereocenters. The molecule has 25 heavy (non-hydrogen) atoms. The fourth-order valence-corrected chi connectivity index (χ4v) is 3.15. The summed E-state index contributed by atoms with van der Waals surface area (Å²) in [4.78, 5) is 12.5. The average molecular weight is 353 g/mol. The molecule has 1 unspecified atom stereocenters. The van der Waals surface area contributed by atoms with E-state index in [9.17, 15) is 4.79 Å². The van der Waals surface area contributed by atoms with Gasteiger partial charge in [0.15, 0.2) is 0 Å². The highest BCUT2D eigenvalue weighted by Gasteiger charge is 2.29. The second kappa shape index (κ2) is 7.36. The van der Waals surface area contributed by atoms with Gasteiger partial charge in [0.05, 0.1) is 13.2 Å². The SMILES string of the molecule is COc1ccc(NC(=S)C2=C(C)NC(=O)NC2c2ccccc2)cc1. The number of benzene rings is 2. The number of thiocarbonyl (C=S) groups is 1. The Morgan fingerprint density at radius 3 is 2.44 bits per heavy atom. The molecule has 0 saturated carbocycles. The molecule has 2 aromatic carbocycles. The lowest BCUT2D eigenvalue weighted by atomic mass is 9.95. The lowest BCUT2D eigenvalue weighted by molar-refractivity contribution is 0.239. The molecule has 0 aromatic heterocycles. The maximum absolute atomic E-state index is 11.9. The number of rotatable bonds is 4. The Kier molecular flexibility index (Phi) is 5.00. The third kappa shape index (κ3) is 3.80. The second-order valence-electron chi connectivity index (χ2n) is 5.66. The van der Waals surface area contributed by atoms with Gasteiger partial charge in [-0.1, -0.05) is 42.5 Å². The zero-order valence-electron chi connectivity index (χ0n) is 14.0. The summed E-state index contributed by atoms with van der Waals surface area (Å²) in [6.07, 6.45) is 0. The first-order chi connectivity index (χ1) is 12.1. The minimum Gasteiger partial charge on any atom is -0.497 e. The molecule has 2 aromatic rings. The lowest BCUT2D eigenvalue weighted by Crippen LogP contribution is -2.45. The molecule has 3 N–H and O–H groups in total. The number of nitrogens with one attached hydrogen (secondary N) is 3. The van der Waals surface area contributed by atoms with Crippen LogP contribution in [-0.2, 0) is 0 Å². The van der Waals surface area contributed by atoms with Crippen molar-refractivity contribution in [1.82, 2.24) is 10.6 Å². The monoisotopic (exact) mass is 353 g/mol. The highest BCUT2D eigenvalue weighted by molar-refractivity contribution is 7.81. The Morgan fingerprint density at radius 2 is 1.80 bits per heavy atom. The van der Waals surface area contributed by atoms with Crippen molar-refractivity contribution in [2.45, 2.75) is 13.0 Å². The molecule has 0 aliphatic carbocycles. The Bertz CT molecular complexity index is 816. The molecule has 3 rings (SSSR count). The van der Waals surface area contributed by atoms with Crippen molar-refractivity contribution in [3.8, 4) is 5.75 Å². The molecule has 1 aliphatic rings. The molecule has 128 valence electrons. The fraction of sp³-hybridized carbons (Fsp3) is 0.158. The van der Waals surface area contributed by atoms with Gasteiger partial charge in [0.1, 0.15) is 10.7 Å². The quantitative estimate of drug-likeness (QED) is 0.733. The van der Waals surface area contributed by atoms with Gasteiger partial charge in [-0.15, -0.1) is 0 Å². The topological polar surface area (TPSA) is 62.4 Å². The molecule has 1 aliphatic heterocycles. The molecular weight excluding hydrogens is 334 g/mol. The van der Waals surface area contributed by atoms with E-state index < -0.39 is 0 Å².